The lowest BCUT2D eigenvalue weighted by molar-refractivity contribution is -0.142. The van der Waals surface area contributed by atoms with E-state index in [0.717, 1.165) is 16.9 Å². The molecule has 0 aromatic carbocycles. The molecule has 2 aromatic rings. The van der Waals surface area contributed by atoms with Gasteiger partial charge in [-0.25, -0.2) is 4.52 Å². The van der Waals surface area contributed by atoms with Crippen LogP contribution in [0.25, 0.3) is 4.83 Å². The van der Waals surface area contributed by atoms with Crippen molar-refractivity contribution in [3.63, 3.8) is 0 Å². The quantitative estimate of drug-likeness (QED) is 0.821. The fourth-order valence-electron chi connectivity index (χ4n) is 2.25. The molecule has 16 heavy (non-hydrogen) atoms. The molecule has 2 unspecified atom stereocenters. The zero-order valence-electron chi connectivity index (χ0n) is 8.46. The van der Waals surface area contributed by atoms with Crippen LogP contribution in [0.2, 0.25) is 0 Å². The Labute approximate surface area is 95.7 Å². The first-order chi connectivity index (χ1) is 7.77. The first kappa shape index (κ1) is 9.80. The molecule has 2 N–H and O–H groups in total. The summed E-state index contributed by atoms with van der Waals surface area (Å²) in [4.78, 5) is 12.2. The molecule has 0 aliphatic carbocycles. The van der Waals surface area contributed by atoms with Crippen molar-refractivity contribution in [2.45, 2.75) is 12.5 Å². The number of aromatic nitrogens is 2. The number of thiazole rings is 1. The van der Waals surface area contributed by atoms with Crippen LogP contribution in [0.5, 0.6) is 0 Å². The maximum absolute atomic E-state index is 11.1. The maximum atomic E-state index is 11.1. The first-order valence-electron chi connectivity index (χ1n) is 5.14. The van der Waals surface area contributed by atoms with Crippen molar-refractivity contribution in [2.75, 3.05) is 6.54 Å². The third kappa shape index (κ3) is 1.34. The van der Waals surface area contributed by atoms with E-state index in [1.807, 2.05) is 11.6 Å². The number of aliphatic carboxylic acids is 1. The van der Waals surface area contributed by atoms with E-state index < -0.39 is 5.97 Å². The summed E-state index contributed by atoms with van der Waals surface area (Å²) in [7, 11) is 0. The highest BCUT2D eigenvalue weighted by atomic mass is 32.1. The van der Waals surface area contributed by atoms with Gasteiger partial charge in [-0.1, -0.05) is 0 Å². The molecule has 1 aliphatic rings. The standard InChI is InChI=1S/C10H11N3O2S/c14-10(15)6-1-2-11-8(6)7-5-12-13-3-4-16-9(7)13/h3-6,8,11H,1-2H2,(H,14,15). The molecule has 1 aliphatic heterocycles. The minimum atomic E-state index is -0.731. The van der Waals surface area contributed by atoms with Gasteiger partial charge < -0.3 is 10.4 Å². The zero-order valence-corrected chi connectivity index (χ0v) is 9.28. The Morgan fingerprint density at radius 3 is 3.38 bits per heavy atom. The molecule has 0 bridgehead atoms. The molecule has 3 rings (SSSR count). The first-order valence-corrected chi connectivity index (χ1v) is 6.02. The summed E-state index contributed by atoms with van der Waals surface area (Å²) < 4.78 is 1.79. The number of carboxylic acid groups (broad SMARTS) is 1. The summed E-state index contributed by atoms with van der Waals surface area (Å²) in [6, 6.07) is -0.103. The minimum absolute atomic E-state index is 0.103. The summed E-state index contributed by atoms with van der Waals surface area (Å²) in [6.07, 6.45) is 4.34. The van der Waals surface area contributed by atoms with Crippen molar-refractivity contribution in [2.24, 2.45) is 5.92 Å². The van der Waals surface area contributed by atoms with Crippen LogP contribution in [0, 0.1) is 5.92 Å². The number of hydrogen-bond donors (Lipinski definition) is 2. The third-order valence-electron chi connectivity index (χ3n) is 3.03. The van der Waals surface area contributed by atoms with Gasteiger partial charge in [0.25, 0.3) is 0 Å². The van der Waals surface area contributed by atoms with Gasteiger partial charge in [0.05, 0.1) is 18.2 Å². The lowest BCUT2D eigenvalue weighted by Gasteiger charge is -2.13. The molecule has 0 saturated carbocycles. The van der Waals surface area contributed by atoms with Crippen LogP contribution in [0.3, 0.4) is 0 Å². The lowest BCUT2D eigenvalue weighted by atomic mass is 9.97. The van der Waals surface area contributed by atoms with E-state index in [-0.39, 0.29) is 12.0 Å². The van der Waals surface area contributed by atoms with Gasteiger partial charge in [0.2, 0.25) is 0 Å². The molecule has 5 nitrogen and oxygen atoms in total. The Kier molecular flexibility index (Phi) is 2.19. The van der Waals surface area contributed by atoms with Crippen molar-refractivity contribution >= 4 is 22.1 Å². The van der Waals surface area contributed by atoms with E-state index in [1.54, 1.807) is 22.0 Å². The molecule has 0 amide bonds. The largest absolute Gasteiger partial charge is 0.481 e. The predicted molar refractivity (Wildman–Crippen MR) is 59.6 cm³/mol. The number of hydrogen-bond acceptors (Lipinski definition) is 4. The highest BCUT2D eigenvalue weighted by molar-refractivity contribution is 7.15. The lowest BCUT2D eigenvalue weighted by Crippen LogP contribution is -2.22. The SMILES string of the molecule is O=C(O)C1CCNC1c1cnn2ccsc12. The van der Waals surface area contributed by atoms with Crippen LogP contribution in [0.4, 0.5) is 0 Å². The topological polar surface area (TPSA) is 66.6 Å². The molecule has 3 heterocycles. The number of carbonyl (C=O) groups is 1. The Morgan fingerprint density at radius 2 is 2.56 bits per heavy atom. The highest BCUT2D eigenvalue weighted by Gasteiger charge is 2.35. The summed E-state index contributed by atoms with van der Waals surface area (Å²) in [5.41, 5.74) is 1.000. The molecule has 2 aromatic heterocycles. The van der Waals surface area contributed by atoms with E-state index >= 15 is 0 Å². The Bertz CT molecular complexity index is 533. The average molecular weight is 237 g/mol. The normalized spacial score (nSPS) is 25.2. The van der Waals surface area contributed by atoms with Crippen molar-refractivity contribution in [3.8, 4) is 0 Å². The van der Waals surface area contributed by atoms with Crippen LogP contribution in [0.15, 0.2) is 17.8 Å². The van der Waals surface area contributed by atoms with Gasteiger partial charge in [0, 0.05) is 17.1 Å². The van der Waals surface area contributed by atoms with Gasteiger partial charge in [-0.2, -0.15) is 5.10 Å². The van der Waals surface area contributed by atoms with E-state index in [1.165, 1.54) is 0 Å². The molecule has 2 atom stereocenters. The fraction of sp³-hybridized carbons (Fsp3) is 0.400. The minimum Gasteiger partial charge on any atom is -0.481 e. The molecule has 1 saturated heterocycles. The number of rotatable bonds is 2. The number of carboxylic acids is 1. The molecule has 6 heteroatoms. The summed E-state index contributed by atoms with van der Waals surface area (Å²) >= 11 is 1.59. The summed E-state index contributed by atoms with van der Waals surface area (Å²) in [6.45, 7) is 0.754. The molecule has 1 fully saturated rings. The third-order valence-corrected chi connectivity index (χ3v) is 3.94. The van der Waals surface area contributed by atoms with Crippen molar-refractivity contribution in [1.82, 2.24) is 14.9 Å². The molecule has 0 spiro atoms. The average Bonchev–Trinajstić information content (AvgIpc) is 2.92. The van der Waals surface area contributed by atoms with E-state index in [9.17, 15) is 4.79 Å². The van der Waals surface area contributed by atoms with Crippen LogP contribution >= 0.6 is 11.3 Å². The Morgan fingerprint density at radius 1 is 1.69 bits per heavy atom. The van der Waals surface area contributed by atoms with Crippen molar-refractivity contribution in [3.05, 3.63) is 23.3 Å². The summed E-state index contributed by atoms with van der Waals surface area (Å²) in [5.74, 6) is -1.07. The van der Waals surface area contributed by atoms with Gasteiger partial charge in [0.1, 0.15) is 4.83 Å². The van der Waals surface area contributed by atoms with Gasteiger partial charge in [0.15, 0.2) is 0 Å². The van der Waals surface area contributed by atoms with E-state index in [4.69, 9.17) is 5.11 Å². The highest BCUT2D eigenvalue weighted by Crippen LogP contribution is 2.33. The van der Waals surface area contributed by atoms with Gasteiger partial charge >= 0.3 is 5.97 Å². The number of fused-ring (bicyclic) bond motifs is 1. The van der Waals surface area contributed by atoms with Crippen LogP contribution in [-0.4, -0.2) is 27.2 Å². The fourth-order valence-corrected chi connectivity index (χ4v) is 3.09. The smallest absolute Gasteiger partial charge is 0.308 e. The maximum Gasteiger partial charge on any atom is 0.308 e. The van der Waals surface area contributed by atoms with Gasteiger partial charge in [-0.05, 0) is 13.0 Å². The van der Waals surface area contributed by atoms with Gasteiger partial charge in [-0.15, -0.1) is 11.3 Å². The zero-order chi connectivity index (χ0) is 11.1. The molecule has 0 radical (unpaired) electrons. The van der Waals surface area contributed by atoms with Crippen molar-refractivity contribution in [1.29, 1.82) is 0 Å². The second-order valence-electron chi connectivity index (χ2n) is 3.92. The number of nitrogens with one attached hydrogen (secondary N) is 1. The second-order valence-corrected chi connectivity index (χ2v) is 4.81. The van der Waals surface area contributed by atoms with Gasteiger partial charge in [-0.3, -0.25) is 4.79 Å². The summed E-state index contributed by atoms with van der Waals surface area (Å²) in [5, 5.41) is 18.6. The van der Waals surface area contributed by atoms with Crippen LogP contribution in [0.1, 0.15) is 18.0 Å². The number of nitrogens with zero attached hydrogens (tertiary/aromatic N) is 2. The monoisotopic (exact) mass is 237 g/mol. The second kappa shape index (κ2) is 3.57. The molecular formula is C10H11N3O2S. The Balaban J connectivity index is 2.03. The van der Waals surface area contributed by atoms with Crippen LogP contribution in [-0.2, 0) is 4.79 Å². The Hall–Kier alpha value is -1.40. The van der Waals surface area contributed by atoms with Crippen LogP contribution < -0.4 is 5.32 Å². The van der Waals surface area contributed by atoms with E-state index in [2.05, 4.69) is 10.4 Å². The molecule has 84 valence electrons. The van der Waals surface area contributed by atoms with Crippen molar-refractivity contribution < 1.29 is 9.90 Å². The van der Waals surface area contributed by atoms with E-state index in [0.29, 0.717) is 6.42 Å². The predicted octanol–water partition coefficient (Wildman–Crippen LogP) is 1.13. The molecular weight excluding hydrogens is 226 g/mol.